The van der Waals surface area contributed by atoms with Gasteiger partial charge in [0.05, 0.1) is 5.39 Å². The number of rotatable bonds is 1. The number of hydrogen-bond donors (Lipinski definition) is 3. The van der Waals surface area contributed by atoms with Crippen LogP contribution in [0.15, 0.2) is 23.3 Å². The number of carboxylic acid groups (broad SMARTS) is 1. The minimum absolute atomic E-state index is 0.105. The lowest BCUT2D eigenvalue weighted by Crippen LogP contribution is -2.15. The van der Waals surface area contributed by atoms with Gasteiger partial charge in [0.25, 0.3) is 5.56 Å². The molecule has 0 unspecified atom stereocenters. The van der Waals surface area contributed by atoms with Gasteiger partial charge in [0, 0.05) is 17.8 Å². The fourth-order valence-corrected chi connectivity index (χ4v) is 1.42. The van der Waals surface area contributed by atoms with Gasteiger partial charge in [-0.15, -0.1) is 0 Å². The Bertz CT molecular complexity index is 603. The zero-order valence-electron chi connectivity index (χ0n) is 7.52. The SMILES string of the molecule is Nc1[nH]c(=O)c2cnccc2c1C(=O)O. The van der Waals surface area contributed by atoms with Crippen LogP contribution in [-0.4, -0.2) is 21.0 Å². The highest BCUT2D eigenvalue weighted by Gasteiger charge is 2.14. The number of aromatic nitrogens is 2. The van der Waals surface area contributed by atoms with Crippen molar-refractivity contribution in [2.45, 2.75) is 0 Å². The van der Waals surface area contributed by atoms with E-state index >= 15 is 0 Å². The average molecular weight is 205 g/mol. The lowest BCUT2D eigenvalue weighted by atomic mass is 10.1. The largest absolute Gasteiger partial charge is 0.478 e. The zero-order valence-corrected chi connectivity index (χ0v) is 7.52. The van der Waals surface area contributed by atoms with E-state index in [1.807, 2.05) is 0 Å². The van der Waals surface area contributed by atoms with Crippen molar-refractivity contribution in [1.82, 2.24) is 9.97 Å². The number of fused-ring (bicyclic) bond motifs is 1. The first-order valence-electron chi connectivity index (χ1n) is 4.10. The quantitative estimate of drug-likeness (QED) is 0.616. The minimum atomic E-state index is -1.18. The van der Waals surface area contributed by atoms with Gasteiger partial charge in [-0.25, -0.2) is 4.79 Å². The molecule has 0 aliphatic rings. The molecule has 0 aliphatic carbocycles. The second kappa shape index (κ2) is 3.09. The van der Waals surface area contributed by atoms with Crippen LogP contribution >= 0.6 is 0 Å². The van der Waals surface area contributed by atoms with Gasteiger partial charge < -0.3 is 15.8 Å². The maximum absolute atomic E-state index is 11.4. The molecule has 0 aromatic carbocycles. The predicted molar refractivity (Wildman–Crippen MR) is 53.7 cm³/mol. The summed E-state index contributed by atoms with van der Waals surface area (Å²) in [5, 5.41) is 9.43. The molecule has 4 N–H and O–H groups in total. The normalized spacial score (nSPS) is 10.4. The average Bonchev–Trinajstić information content (AvgIpc) is 2.17. The predicted octanol–water partition coefficient (Wildman–Crippen LogP) is 0.203. The van der Waals surface area contributed by atoms with E-state index < -0.39 is 11.5 Å². The summed E-state index contributed by atoms with van der Waals surface area (Å²) in [4.78, 5) is 28.3. The molecule has 0 bridgehead atoms. The molecule has 0 spiro atoms. The van der Waals surface area contributed by atoms with Crippen LogP contribution < -0.4 is 11.3 Å². The van der Waals surface area contributed by atoms with Gasteiger partial charge in [-0.3, -0.25) is 9.78 Å². The topological polar surface area (TPSA) is 109 Å². The Morgan fingerprint density at radius 1 is 1.47 bits per heavy atom. The highest BCUT2D eigenvalue weighted by molar-refractivity contribution is 6.06. The maximum Gasteiger partial charge on any atom is 0.340 e. The van der Waals surface area contributed by atoms with E-state index in [1.165, 1.54) is 18.5 Å². The smallest absolute Gasteiger partial charge is 0.340 e. The second-order valence-corrected chi connectivity index (χ2v) is 2.97. The molecule has 2 heterocycles. The molecule has 2 aromatic heterocycles. The molecule has 0 atom stereocenters. The Morgan fingerprint density at radius 3 is 2.87 bits per heavy atom. The van der Waals surface area contributed by atoms with Gasteiger partial charge in [-0.1, -0.05) is 0 Å². The molecule has 76 valence electrons. The van der Waals surface area contributed by atoms with E-state index in [0.29, 0.717) is 5.39 Å². The van der Waals surface area contributed by atoms with Crippen LogP contribution in [-0.2, 0) is 0 Å². The summed E-state index contributed by atoms with van der Waals surface area (Å²) >= 11 is 0. The summed E-state index contributed by atoms with van der Waals surface area (Å²) in [5.74, 6) is -1.33. The fraction of sp³-hybridized carbons (Fsp3) is 0. The Morgan fingerprint density at radius 2 is 2.20 bits per heavy atom. The van der Waals surface area contributed by atoms with Crippen LogP contribution in [0.2, 0.25) is 0 Å². The molecule has 2 rings (SSSR count). The number of anilines is 1. The first-order valence-corrected chi connectivity index (χ1v) is 4.10. The molecule has 0 saturated carbocycles. The first kappa shape index (κ1) is 9.20. The van der Waals surface area contributed by atoms with Crippen molar-refractivity contribution >= 4 is 22.6 Å². The number of carboxylic acids is 1. The number of pyridine rings is 2. The Balaban J connectivity index is 3.03. The van der Waals surface area contributed by atoms with Gasteiger partial charge in [0.15, 0.2) is 0 Å². The van der Waals surface area contributed by atoms with Crippen molar-refractivity contribution in [3.63, 3.8) is 0 Å². The second-order valence-electron chi connectivity index (χ2n) is 2.97. The van der Waals surface area contributed by atoms with Crippen LogP contribution in [0.25, 0.3) is 10.8 Å². The molecule has 0 radical (unpaired) electrons. The number of aromatic carboxylic acids is 1. The van der Waals surface area contributed by atoms with Crippen molar-refractivity contribution in [1.29, 1.82) is 0 Å². The number of carbonyl (C=O) groups is 1. The lowest BCUT2D eigenvalue weighted by Gasteiger charge is -2.04. The Kier molecular flexibility index (Phi) is 1.89. The number of nitrogens with zero attached hydrogens (tertiary/aromatic N) is 1. The fourth-order valence-electron chi connectivity index (χ4n) is 1.42. The molecule has 0 aliphatic heterocycles. The molecule has 0 fully saturated rings. The molecular formula is C9H7N3O3. The standard InChI is InChI=1S/C9H7N3O3/c10-7-6(9(14)15)4-1-2-11-3-5(4)8(13)12-7/h1-3H,(H,14,15)(H3,10,12,13). The van der Waals surface area contributed by atoms with E-state index in [1.54, 1.807) is 0 Å². The van der Waals surface area contributed by atoms with E-state index in [4.69, 9.17) is 10.8 Å². The van der Waals surface area contributed by atoms with Crippen molar-refractivity contribution in [2.75, 3.05) is 5.73 Å². The van der Waals surface area contributed by atoms with Gasteiger partial charge in [-0.2, -0.15) is 0 Å². The number of H-pyrrole nitrogens is 1. The van der Waals surface area contributed by atoms with Crippen LogP contribution in [0.3, 0.4) is 0 Å². The molecule has 15 heavy (non-hydrogen) atoms. The zero-order chi connectivity index (χ0) is 11.0. The number of hydrogen-bond acceptors (Lipinski definition) is 4. The van der Waals surface area contributed by atoms with Crippen LogP contribution in [0.4, 0.5) is 5.82 Å². The Labute approximate surface area is 83.4 Å². The maximum atomic E-state index is 11.4. The summed E-state index contributed by atoms with van der Waals surface area (Å²) in [7, 11) is 0. The molecule has 0 saturated heterocycles. The van der Waals surface area contributed by atoms with Gasteiger partial charge in [-0.05, 0) is 6.07 Å². The number of nitrogens with one attached hydrogen (secondary N) is 1. The summed E-state index contributed by atoms with van der Waals surface area (Å²) in [6.45, 7) is 0. The minimum Gasteiger partial charge on any atom is -0.478 e. The van der Waals surface area contributed by atoms with Crippen LogP contribution in [0.1, 0.15) is 10.4 Å². The van der Waals surface area contributed by atoms with Crippen molar-refractivity contribution in [2.24, 2.45) is 0 Å². The van der Waals surface area contributed by atoms with Crippen molar-refractivity contribution in [3.05, 3.63) is 34.4 Å². The van der Waals surface area contributed by atoms with Crippen molar-refractivity contribution < 1.29 is 9.90 Å². The third-order valence-electron chi connectivity index (χ3n) is 2.07. The van der Waals surface area contributed by atoms with Crippen LogP contribution in [0.5, 0.6) is 0 Å². The monoisotopic (exact) mass is 205 g/mol. The van der Waals surface area contributed by atoms with E-state index in [-0.39, 0.29) is 16.8 Å². The highest BCUT2D eigenvalue weighted by atomic mass is 16.4. The molecule has 2 aromatic rings. The summed E-state index contributed by atoms with van der Waals surface area (Å²) in [5.41, 5.74) is 4.88. The third kappa shape index (κ3) is 1.32. The number of aromatic amines is 1. The van der Waals surface area contributed by atoms with Crippen LogP contribution in [0, 0.1) is 0 Å². The highest BCUT2D eigenvalue weighted by Crippen LogP contribution is 2.18. The summed E-state index contributed by atoms with van der Waals surface area (Å²) in [6.07, 6.45) is 2.72. The van der Waals surface area contributed by atoms with E-state index in [9.17, 15) is 9.59 Å². The Hall–Kier alpha value is -2.37. The van der Waals surface area contributed by atoms with Gasteiger partial charge >= 0.3 is 5.97 Å². The molecule has 0 amide bonds. The first-order chi connectivity index (χ1) is 7.11. The molecular weight excluding hydrogens is 198 g/mol. The lowest BCUT2D eigenvalue weighted by molar-refractivity contribution is 0.0700. The number of nitrogen functional groups attached to an aromatic ring is 1. The summed E-state index contributed by atoms with van der Waals surface area (Å²) in [6, 6.07) is 1.45. The molecule has 6 nitrogen and oxygen atoms in total. The van der Waals surface area contributed by atoms with E-state index in [2.05, 4.69) is 9.97 Å². The molecule has 6 heteroatoms. The summed E-state index contributed by atoms with van der Waals surface area (Å²) < 4.78 is 0. The van der Waals surface area contributed by atoms with Gasteiger partial charge in [0.1, 0.15) is 11.4 Å². The van der Waals surface area contributed by atoms with Gasteiger partial charge in [0.2, 0.25) is 0 Å². The number of nitrogens with two attached hydrogens (primary N) is 1. The van der Waals surface area contributed by atoms with Crippen molar-refractivity contribution in [3.8, 4) is 0 Å². The van der Waals surface area contributed by atoms with E-state index in [0.717, 1.165) is 0 Å². The third-order valence-corrected chi connectivity index (χ3v) is 2.07.